The molecule has 2 unspecified atom stereocenters. The maximum atomic E-state index is 5.97. The van der Waals surface area contributed by atoms with Gasteiger partial charge in [0, 0.05) is 45.7 Å². The number of morpholine rings is 1. The summed E-state index contributed by atoms with van der Waals surface area (Å²) in [5.74, 6) is 1.82. The van der Waals surface area contributed by atoms with Gasteiger partial charge in [-0.1, -0.05) is 6.92 Å². The molecule has 2 fully saturated rings. The molecule has 0 bridgehead atoms. The van der Waals surface area contributed by atoms with Gasteiger partial charge in [-0.15, -0.1) is 10.2 Å². The number of rotatable bonds is 6. The third kappa shape index (κ3) is 4.24. The van der Waals surface area contributed by atoms with E-state index in [4.69, 9.17) is 4.74 Å². The Morgan fingerprint density at radius 1 is 1.46 bits per heavy atom. The zero-order chi connectivity index (χ0) is 16.8. The van der Waals surface area contributed by atoms with Crippen LogP contribution in [0, 0.1) is 0 Å². The Labute approximate surface area is 143 Å². The van der Waals surface area contributed by atoms with E-state index in [9.17, 15) is 0 Å². The van der Waals surface area contributed by atoms with Crippen molar-refractivity contribution in [1.29, 1.82) is 0 Å². The normalized spacial score (nSPS) is 24.8. The van der Waals surface area contributed by atoms with E-state index in [1.54, 1.807) is 13.4 Å². The molecule has 2 aliphatic rings. The van der Waals surface area contributed by atoms with E-state index < -0.39 is 0 Å². The maximum absolute atomic E-state index is 5.97. The van der Waals surface area contributed by atoms with E-state index in [0.29, 0.717) is 6.04 Å². The molecule has 0 aliphatic carbocycles. The number of ether oxygens (including phenoxy) is 1. The predicted octanol–water partition coefficient (Wildman–Crippen LogP) is -0.131. The van der Waals surface area contributed by atoms with Crippen molar-refractivity contribution in [3.05, 3.63) is 12.2 Å². The Morgan fingerprint density at radius 2 is 2.38 bits per heavy atom. The van der Waals surface area contributed by atoms with E-state index in [-0.39, 0.29) is 6.10 Å². The van der Waals surface area contributed by atoms with Crippen LogP contribution in [0.2, 0.25) is 0 Å². The first-order chi connectivity index (χ1) is 11.8. The van der Waals surface area contributed by atoms with Crippen LogP contribution in [0.15, 0.2) is 11.3 Å². The van der Waals surface area contributed by atoms with Crippen LogP contribution in [0.25, 0.3) is 0 Å². The molecule has 0 radical (unpaired) electrons. The molecule has 0 spiro atoms. The fourth-order valence-corrected chi connectivity index (χ4v) is 3.47. The van der Waals surface area contributed by atoms with Gasteiger partial charge in [0.1, 0.15) is 12.2 Å². The smallest absolute Gasteiger partial charge is 0.191 e. The predicted molar refractivity (Wildman–Crippen MR) is 93.1 cm³/mol. The fraction of sp³-hybridized carbons (Fsp3) is 0.812. The van der Waals surface area contributed by atoms with Gasteiger partial charge in [-0.25, -0.2) is 0 Å². The first-order valence-corrected chi connectivity index (χ1v) is 8.97. The first-order valence-electron chi connectivity index (χ1n) is 8.97. The molecule has 1 aromatic heterocycles. The van der Waals surface area contributed by atoms with Gasteiger partial charge in [-0.3, -0.25) is 9.89 Å². The molecule has 2 aliphatic heterocycles. The number of aliphatic imine (C=N–C) groups is 1. The summed E-state index contributed by atoms with van der Waals surface area (Å²) in [4.78, 5) is 6.84. The highest BCUT2D eigenvalue weighted by atomic mass is 16.5. The summed E-state index contributed by atoms with van der Waals surface area (Å²) in [7, 11) is 1.80. The van der Waals surface area contributed by atoms with E-state index in [1.807, 2.05) is 0 Å². The summed E-state index contributed by atoms with van der Waals surface area (Å²) in [6.07, 6.45) is 5.50. The minimum absolute atomic E-state index is 0.238. The molecule has 0 amide bonds. The van der Waals surface area contributed by atoms with Gasteiger partial charge < -0.3 is 19.9 Å². The van der Waals surface area contributed by atoms with Crippen LogP contribution in [-0.4, -0.2) is 77.6 Å². The van der Waals surface area contributed by atoms with Gasteiger partial charge in [0.05, 0.1) is 12.7 Å². The summed E-state index contributed by atoms with van der Waals surface area (Å²) < 4.78 is 8.04. The van der Waals surface area contributed by atoms with Crippen LogP contribution in [0.5, 0.6) is 0 Å². The summed E-state index contributed by atoms with van der Waals surface area (Å²) >= 11 is 0. The average molecular weight is 335 g/mol. The Hall–Kier alpha value is -1.67. The molecule has 3 heterocycles. The maximum Gasteiger partial charge on any atom is 0.191 e. The van der Waals surface area contributed by atoms with Gasteiger partial charge in [-0.2, -0.15) is 0 Å². The highest BCUT2D eigenvalue weighted by Crippen LogP contribution is 2.22. The van der Waals surface area contributed by atoms with Crippen molar-refractivity contribution in [2.75, 3.05) is 39.8 Å². The minimum Gasteiger partial charge on any atom is -0.373 e. The molecule has 8 nitrogen and oxygen atoms in total. The molecule has 3 rings (SSSR count). The standard InChI is InChI=1S/C16H29N7O/c1-3-15-21-20-12-23(15)8-6-18-16(17-2)19-9-14-10-22-7-4-5-13(22)11-24-14/h12-14H,3-11H2,1-2H3,(H2,17,18,19). The van der Waals surface area contributed by atoms with E-state index in [0.717, 1.165) is 51.0 Å². The lowest BCUT2D eigenvalue weighted by Gasteiger charge is -2.35. The molecule has 2 N–H and O–H groups in total. The molecule has 0 saturated carbocycles. The van der Waals surface area contributed by atoms with Crippen LogP contribution >= 0.6 is 0 Å². The number of aryl methyl sites for hydroxylation is 1. The van der Waals surface area contributed by atoms with Gasteiger partial charge in [0.25, 0.3) is 0 Å². The van der Waals surface area contributed by atoms with Crippen molar-refractivity contribution in [3.8, 4) is 0 Å². The van der Waals surface area contributed by atoms with Crippen molar-refractivity contribution in [1.82, 2.24) is 30.3 Å². The third-order valence-corrected chi connectivity index (χ3v) is 4.84. The lowest BCUT2D eigenvalue weighted by molar-refractivity contribution is -0.0453. The molecule has 1 aromatic rings. The number of hydrogen-bond acceptors (Lipinski definition) is 5. The second kappa shape index (κ2) is 8.43. The number of fused-ring (bicyclic) bond motifs is 1. The van der Waals surface area contributed by atoms with Gasteiger partial charge in [-0.05, 0) is 19.4 Å². The largest absolute Gasteiger partial charge is 0.373 e. The quantitative estimate of drug-likeness (QED) is 0.557. The molecule has 0 aromatic carbocycles. The Balaban J connectivity index is 1.37. The number of aromatic nitrogens is 3. The van der Waals surface area contributed by atoms with Crippen molar-refractivity contribution in [3.63, 3.8) is 0 Å². The zero-order valence-electron chi connectivity index (χ0n) is 14.7. The average Bonchev–Trinajstić information content (AvgIpc) is 3.25. The number of nitrogens with one attached hydrogen (secondary N) is 2. The number of hydrogen-bond donors (Lipinski definition) is 2. The van der Waals surface area contributed by atoms with Crippen molar-refractivity contribution in [2.45, 2.75) is 44.9 Å². The van der Waals surface area contributed by atoms with Crippen LogP contribution in [0.3, 0.4) is 0 Å². The SMILES string of the molecule is CCc1nncn1CCNC(=NC)NCC1CN2CCCC2CO1. The summed E-state index contributed by atoms with van der Waals surface area (Å²) in [5.41, 5.74) is 0. The second-order valence-corrected chi connectivity index (χ2v) is 6.42. The molecule has 134 valence electrons. The molecular formula is C16H29N7O. The highest BCUT2D eigenvalue weighted by Gasteiger charge is 2.32. The monoisotopic (exact) mass is 335 g/mol. The number of guanidine groups is 1. The van der Waals surface area contributed by atoms with Crippen LogP contribution < -0.4 is 10.6 Å². The summed E-state index contributed by atoms with van der Waals surface area (Å²) in [6.45, 7) is 7.59. The molecule has 24 heavy (non-hydrogen) atoms. The minimum atomic E-state index is 0.238. The van der Waals surface area contributed by atoms with Crippen LogP contribution in [0.1, 0.15) is 25.6 Å². The molecule has 2 saturated heterocycles. The Kier molecular flexibility index (Phi) is 6.03. The fourth-order valence-electron chi connectivity index (χ4n) is 3.47. The van der Waals surface area contributed by atoms with E-state index >= 15 is 0 Å². The highest BCUT2D eigenvalue weighted by molar-refractivity contribution is 5.79. The summed E-state index contributed by atoms with van der Waals surface area (Å²) in [5, 5.41) is 14.8. The lowest BCUT2D eigenvalue weighted by Crippen LogP contribution is -2.51. The Morgan fingerprint density at radius 3 is 3.21 bits per heavy atom. The second-order valence-electron chi connectivity index (χ2n) is 6.42. The van der Waals surface area contributed by atoms with Crippen LogP contribution in [-0.2, 0) is 17.7 Å². The van der Waals surface area contributed by atoms with Gasteiger partial charge >= 0.3 is 0 Å². The number of nitrogens with zero attached hydrogens (tertiary/aromatic N) is 5. The van der Waals surface area contributed by atoms with Crippen molar-refractivity contribution >= 4 is 5.96 Å². The molecular weight excluding hydrogens is 306 g/mol. The van der Waals surface area contributed by atoms with E-state index in [1.165, 1.54) is 19.4 Å². The Bertz CT molecular complexity index is 544. The lowest BCUT2D eigenvalue weighted by atomic mass is 10.2. The van der Waals surface area contributed by atoms with Crippen molar-refractivity contribution < 1.29 is 4.74 Å². The molecule has 8 heteroatoms. The topological polar surface area (TPSA) is 79.6 Å². The van der Waals surface area contributed by atoms with Crippen LogP contribution in [0.4, 0.5) is 0 Å². The van der Waals surface area contributed by atoms with Gasteiger partial charge in [0.15, 0.2) is 5.96 Å². The molecule has 2 atom stereocenters. The third-order valence-electron chi connectivity index (χ3n) is 4.84. The zero-order valence-corrected chi connectivity index (χ0v) is 14.7. The summed E-state index contributed by atoms with van der Waals surface area (Å²) in [6, 6.07) is 0.648. The van der Waals surface area contributed by atoms with Gasteiger partial charge in [0.2, 0.25) is 0 Å². The van der Waals surface area contributed by atoms with E-state index in [2.05, 4.69) is 42.2 Å². The first kappa shape index (κ1) is 17.2. The van der Waals surface area contributed by atoms with Crippen molar-refractivity contribution in [2.24, 2.45) is 4.99 Å².